The Bertz CT molecular complexity index is 891. The van der Waals surface area contributed by atoms with Gasteiger partial charge in [-0.3, -0.25) is 4.79 Å². The van der Waals surface area contributed by atoms with Crippen LogP contribution in [0, 0.1) is 6.92 Å². The minimum Gasteiger partial charge on any atom is -0.530 e. The fourth-order valence-corrected chi connectivity index (χ4v) is 3.08. The average Bonchev–Trinajstić information content (AvgIpc) is 2.67. The first kappa shape index (κ1) is 23.0. The maximum atomic E-state index is 12.7. The van der Waals surface area contributed by atoms with E-state index in [0.717, 1.165) is 10.5 Å². The van der Waals surface area contributed by atoms with Crippen molar-refractivity contribution in [3.05, 3.63) is 42.1 Å². The number of anilines is 1. The van der Waals surface area contributed by atoms with Crippen LogP contribution in [0.5, 0.6) is 17.4 Å². The van der Waals surface area contributed by atoms with Crippen molar-refractivity contribution in [2.24, 2.45) is 0 Å². The molecule has 1 aromatic carbocycles. The van der Waals surface area contributed by atoms with Gasteiger partial charge in [0, 0.05) is 17.7 Å². The molecule has 1 atom stereocenters. The summed E-state index contributed by atoms with van der Waals surface area (Å²) >= 11 is 0. The van der Waals surface area contributed by atoms with E-state index < -0.39 is 23.6 Å². The highest BCUT2D eigenvalue weighted by Gasteiger charge is 2.32. The van der Waals surface area contributed by atoms with Crippen molar-refractivity contribution in [1.29, 1.82) is 0 Å². The largest absolute Gasteiger partial charge is 0.530 e. The maximum absolute atomic E-state index is 12.7. The topological polar surface area (TPSA) is 104 Å². The Morgan fingerprint density at radius 1 is 1.23 bits per heavy atom. The summed E-state index contributed by atoms with van der Waals surface area (Å²) in [6.07, 6.45) is 0.368. The molecule has 0 bridgehead atoms. The number of methoxy groups -OCH3 is 1. The molecule has 0 unspecified atom stereocenters. The van der Waals surface area contributed by atoms with Crippen LogP contribution in [0.4, 0.5) is 10.5 Å². The van der Waals surface area contributed by atoms with Crippen LogP contribution in [-0.4, -0.2) is 40.6 Å². The summed E-state index contributed by atoms with van der Waals surface area (Å²) in [5, 5.41) is 14.3. The van der Waals surface area contributed by atoms with Gasteiger partial charge in [-0.2, -0.15) is 0 Å². The number of carboxylic acid groups (broad SMARTS) is 1. The van der Waals surface area contributed by atoms with Crippen LogP contribution in [0.1, 0.15) is 39.7 Å². The highest BCUT2D eigenvalue weighted by molar-refractivity contribution is 5.96. The molecular weight excluding hydrogens is 386 g/mol. The molecule has 30 heavy (non-hydrogen) atoms. The van der Waals surface area contributed by atoms with Crippen molar-refractivity contribution < 1.29 is 24.2 Å². The molecule has 2 rings (SSSR count). The predicted octanol–water partition coefficient (Wildman–Crippen LogP) is 3.35. The van der Waals surface area contributed by atoms with E-state index in [9.17, 15) is 14.7 Å². The number of aromatic nitrogens is 1. The molecule has 0 fully saturated rings. The van der Waals surface area contributed by atoms with E-state index in [-0.39, 0.29) is 0 Å². The van der Waals surface area contributed by atoms with Gasteiger partial charge in [-0.15, -0.1) is 0 Å². The summed E-state index contributed by atoms with van der Waals surface area (Å²) in [6.45, 7) is 8.82. The lowest BCUT2D eigenvalue weighted by Crippen LogP contribution is -2.59. The Balaban J connectivity index is 2.10. The first-order valence-electron chi connectivity index (χ1n) is 9.66. The second-order valence-corrected chi connectivity index (χ2v) is 7.84. The van der Waals surface area contributed by atoms with E-state index >= 15 is 0 Å². The normalized spacial score (nSPS) is 12.1. The number of benzene rings is 1. The van der Waals surface area contributed by atoms with Gasteiger partial charge in [-0.25, -0.2) is 4.98 Å². The second kappa shape index (κ2) is 9.47. The molecule has 0 saturated carbocycles. The third-order valence-electron chi connectivity index (χ3n) is 4.53. The Morgan fingerprint density at radius 2 is 1.93 bits per heavy atom. The maximum Gasteiger partial charge on any atom is 0.247 e. The van der Waals surface area contributed by atoms with Crippen LogP contribution in [-0.2, 0) is 4.79 Å². The van der Waals surface area contributed by atoms with Crippen molar-refractivity contribution in [2.75, 3.05) is 12.4 Å². The van der Waals surface area contributed by atoms with E-state index in [1.54, 1.807) is 53.0 Å². The molecule has 1 N–H and O–H groups in total. The standard InChI is InChI=1S/C22H29N3O5/c1-7-17(25(21(27)28)22(3,4)5)20(26)24-15-9-11-19(23-13-15)30-16-10-8-14(2)18(12-16)29-6/h8-13,17H,7H2,1-6H3,(H,24,26)(H,27,28)/p-1/t17-/m1/s1. The number of hydrogen-bond donors (Lipinski definition) is 1. The van der Waals surface area contributed by atoms with Crippen LogP contribution < -0.4 is 19.9 Å². The van der Waals surface area contributed by atoms with Gasteiger partial charge in [0.2, 0.25) is 11.8 Å². The quantitative estimate of drug-likeness (QED) is 0.745. The lowest BCUT2D eigenvalue weighted by atomic mass is 10.0. The van der Waals surface area contributed by atoms with Gasteiger partial charge >= 0.3 is 0 Å². The number of carbonyl (C=O) groups is 2. The van der Waals surface area contributed by atoms with Gasteiger partial charge in [-0.1, -0.05) is 13.0 Å². The van der Waals surface area contributed by atoms with Gasteiger partial charge < -0.3 is 29.6 Å². The number of hydrogen-bond acceptors (Lipinski definition) is 6. The molecule has 8 heteroatoms. The zero-order valence-corrected chi connectivity index (χ0v) is 18.2. The molecule has 0 saturated heterocycles. The van der Waals surface area contributed by atoms with Crippen LogP contribution in [0.2, 0.25) is 0 Å². The lowest BCUT2D eigenvalue weighted by molar-refractivity contribution is -0.273. The zero-order chi connectivity index (χ0) is 22.5. The van der Waals surface area contributed by atoms with E-state index in [0.29, 0.717) is 29.5 Å². The molecule has 8 nitrogen and oxygen atoms in total. The average molecular weight is 414 g/mol. The van der Waals surface area contributed by atoms with Gasteiger partial charge in [0.15, 0.2) is 0 Å². The first-order chi connectivity index (χ1) is 14.1. The Labute approximate surface area is 176 Å². The summed E-state index contributed by atoms with van der Waals surface area (Å²) in [6, 6.07) is 7.82. The Hall–Kier alpha value is -3.29. The van der Waals surface area contributed by atoms with Gasteiger partial charge in [0.25, 0.3) is 0 Å². The molecule has 0 aliphatic carbocycles. The Morgan fingerprint density at radius 3 is 2.43 bits per heavy atom. The minimum absolute atomic E-state index is 0.307. The fourth-order valence-electron chi connectivity index (χ4n) is 3.08. The van der Waals surface area contributed by atoms with Gasteiger partial charge in [0.05, 0.1) is 19.0 Å². The number of amides is 2. The third-order valence-corrected chi connectivity index (χ3v) is 4.53. The van der Waals surface area contributed by atoms with E-state index in [2.05, 4.69) is 10.3 Å². The molecule has 0 spiro atoms. The first-order valence-corrected chi connectivity index (χ1v) is 9.66. The number of ether oxygens (including phenoxy) is 2. The van der Waals surface area contributed by atoms with Crippen LogP contribution in [0.25, 0.3) is 0 Å². The number of nitrogens with zero attached hydrogens (tertiary/aromatic N) is 2. The predicted molar refractivity (Wildman–Crippen MR) is 112 cm³/mol. The highest BCUT2D eigenvalue weighted by atomic mass is 16.5. The number of carbonyl (C=O) groups excluding carboxylic acids is 2. The molecule has 0 radical (unpaired) electrons. The third kappa shape index (κ3) is 5.62. The number of nitrogens with one attached hydrogen (secondary N) is 1. The van der Waals surface area contributed by atoms with E-state index in [1.165, 1.54) is 6.20 Å². The SMILES string of the molecule is CC[C@H](C(=O)Nc1ccc(Oc2ccc(C)c(OC)c2)nc1)N(C(=O)[O-])C(C)(C)C. The van der Waals surface area contributed by atoms with Crippen molar-refractivity contribution in [1.82, 2.24) is 9.88 Å². The smallest absolute Gasteiger partial charge is 0.247 e. The summed E-state index contributed by atoms with van der Waals surface area (Å²) in [5.74, 6) is 1.17. The molecular formula is C22H28N3O5-. The minimum atomic E-state index is -1.39. The van der Waals surface area contributed by atoms with E-state index in [1.807, 2.05) is 19.1 Å². The molecule has 0 aliphatic rings. The van der Waals surface area contributed by atoms with Crippen LogP contribution in [0.15, 0.2) is 36.5 Å². The van der Waals surface area contributed by atoms with Crippen molar-refractivity contribution in [3.8, 4) is 17.4 Å². The van der Waals surface area contributed by atoms with E-state index in [4.69, 9.17) is 9.47 Å². The molecule has 1 heterocycles. The number of rotatable bonds is 7. The number of pyridine rings is 1. The Kier molecular flexibility index (Phi) is 7.26. The van der Waals surface area contributed by atoms with Crippen LogP contribution >= 0.6 is 0 Å². The van der Waals surface area contributed by atoms with Crippen molar-refractivity contribution >= 4 is 17.7 Å². The lowest BCUT2D eigenvalue weighted by Gasteiger charge is -2.42. The molecule has 2 aromatic rings. The highest BCUT2D eigenvalue weighted by Crippen LogP contribution is 2.27. The summed E-state index contributed by atoms with van der Waals surface area (Å²) in [7, 11) is 1.59. The van der Waals surface area contributed by atoms with Crippen molar-refractivity contribution in [2.45, 2.75) is 52.6 Å². The van der Waals surface area contributed by atoms with Gasteiger partial charge in [0.1, 0.15) is 23.6 Å². The zero-order valence-electron chi connectivity index (χ0n) is 18.2. The van der Waals surface area contributed by atoms with Crippen molar-refractivity contribution in [3.63, 3.8) is 0 Å². The number of aryl methyl sites for hydroxylation is 1. The van der Waals surface area contributed by atoms with Gasteiger partial charge in [-0.05, 0) is 51.8 Å². The molecule has 1 aromatic heterocycles. The summed E-state index contributed by atoms with van der Waals surface area (Å²) < 4.78 is 11.0. The summed E-state index contributed by atoms with van der Waals surface area (Å²) in [5.41, 5.74) is 0.642. The summed E-state index contributed by atoms with van der Waals surface area (Å²) in [4.78, 5) is 29.5. The molecule has 0 aliphatic heterocycles. The fraction of sp³-hybridized carbons (Fsp3) is 0.409. The molecule has 162 valence electrons. The monoisotopic (exact) mass is 414 g/mol. The molecule has 2 amide bonds. The second-order valence-electron chi connectivity index (χ2n) is 7.84. The van der Waals surface area contributed by atoms with Crippen LogP contribution in [0.3, 0.4) is 0 Å².